The molecule has 0 saturated carbocycles. The summed E-state index contributed by atoms with van der Waals surface area (Å²) in [7, 11) is -3.69. The zero-order chi connectivity index (χ0) is 18.2. The van der Waals surface area contributed by atoms with Gasteiger partial charge in [0.15, 0.2) is 9.84 Å². The standard InChI is InChI=1S/C16H21N3O5S/c1-25(23,24)15-11-13(4-5-14(15)19(21)22)17-9-6-12(7-10-17)18-8-2-3-16(18)20/h4-5,11-12H,2-3,6-10H2,1H3. The molecule has 0 atom stereocenters. The number of hydrogen-bond donors (Lipinski definition) is 0. The second kappa shape index (κ2) is 6.62. The largest absolute Gasteiger partial charge is 0.371 e. The lowest BCUT2D eigenvalue weighted by molar-refractivity contribution is -0.387. The Bertz CT molecular complexity index is 800. The maximum atomic E-state index is 11.9. The highest BCUT2D eigenvalue weighted by atomic mass is 32.2. The number of amides is 1. The average molecular weight is 367 g/mol. The van der Waals surface area contributed by atoms with Gasteiger partial charge in [-0.05, 0) is 31.4 Å². The summed E-state index contributed by atoms with van der Waals surface area (Å²) in [5.74, 6) is 0.216. The molecule has 8 nitrogen and oxygen atoms in total. The fourth-order valence-corrected chi connectivity index (χ4v) is 4.50. The van der Waals surface area contributed by atoms with Crippen LogP contribution in [0.2, 0.25) is 0 Å². The number of nitro groups is 1. The minimum atomic E-state index is -3.69. The summed E-state index contributed by atoms with van der Waals surface area (Å²) in [6, 6.07) is 4.46. The topological polar surface area (TPSA) is 101 Å². The Kier molecular flexibility index (Phi) is 4.68. The molecule has 1 amide bonds. The summed E-state index contributed by atoms with van der Waals surface area (Å²) in [5, 5.41) is 11.1. The number of carbonyl (C=O) groups is 1. The first-order chi connectivity index (χ1) is 11.8. The number of benzene rings is 1. The molecule has 0 aromatic heterocycles. The first-order valence-electron chi connectivity index (χ1n) is 8.30. The first-order valence-corrected chi connectivity index (χ1v) is 10.2. The molecule has 2 fully saturated rings. The molecule has 2 saturated heterocycles. The summed E-state index contributed by atoms with van der Waals surface area (Å²) in [6.07, 6.45) is 4.15. The molecule has 0 bridgehead atoms. The Balaban J connectivity index is 1.77. The zero-order valence-corrected chi connectivity index (χ0v) is 14.9. The van der Waals surface area contributed by atoms with E-state index in [2.05, 4.69) is 0 Å². The van der Waals surface area contributed by atoms with Crippen molar-refractivity contribution >= 4 is 27.1 Å². The van der Waals surface area contributed by atoms with Gasteiger partial charge in [0, 0.05) is 50.1 Å². The van der Waals surface area contributed by atoms with E-state index in [4.69, 9.17) is 0 Å². The van der Waals surface area contributed by atoms with Crippen LogP contribution in [0.25, 0.3) is 0 Å². The van der Waals surface area contributed by atoms with Crippen molar-refractivity contribution in [2.45, 2.75) is 36.6 Å². The fourth-order valence-electron chi connectivity index (χ4n) is 3.64. The van der Waals surface area contributed by atoms with E-state index in [1.165, 1.54) is 12.1 Å². The minimum absolute atomic E-state index is 0.216. The van der Waals surface area contributed by atoms with Gasteiger partial charge >= 0.3 is 0 Å². The van der Waals surface area contributed by atoms with Gasteiger partial charge in [-0.2, -0.15) is 0 Å². The Morgan fingerprint density at radius 1 is 1.20 bits per heavy atom. The summed E-state index contributed by atoms with van der Waals surface area (Å²) in [6.45, 7) is 2.20. The van der Waals surface area contributed by atoms with Crippen molar-refractivity contribution in [3.8, 4) is 0 Å². The van der Waals surface area contributed by atoms with Gasteiger partial charge in [-0.25, -0.2) is 8.42 Å². The summed E-state index contributed by atoms with van der Waals surface area (Å²) < 4.78 is 23.8. The van der Waals surface area contributed by atoms with Crippen LogP contribution in [-0.2, 0) is 14.6 Å². The Hall–Kier alpha value is -2.16. The normalized spacial score (nSPS) is 19.5. The van der Waals surface area contributed by atoms with Crippen LogP contribution in [0.5, 0.6) is 0 Å². The van der Waals surface area contributed by atoms with E-state index in [1.807, 2.05) is 9.80 Å². The second-order valence-corrected chi connectivity index (χ2v) is 8.57. The molecule has 1 aromatic carbocycles. The van der Waals surface area contributed by atoms with Crippen molar-refractivity contribution in [1.82, 2.24) is 4.90 Å². The van der Waals surface area contributed by atoms with Crippen molar-refractivity contribution in [1.29, 1.82) is 0 Å². The van der Waals surface area contributed by atoms with E-state index >= 15 is 0 Å². The van der Waals surface area contributed by atoms with E-state index in [9.17, 15) is 23.3 Å². The van der Waals surface area contributed by atoms with Crippen molar-refractivity contribution in [2.75, 3.05) is 30.8 Å². The van der Waals surface area contributed by atoms with Gasteiger partial charge in [-0.15, -0.1) is 0 Å². The maximum Gasteiger partial charge on any atom is 0.288 e. The number of anilines is 1. The Labute approximate surface area is 146 Å². The molecule has 3 rings (SSSR count). The molecule has 1 aromatic rings. The van der Waals surface area contributed by atoms with Gasteiger partial charge in [0.05, 0.1) is 4.92 Å². The van der Waals surface area contributed by atoms with Crippen LogP contribution in [-0.4, -0.2) is 56.1 Å². The predicted octanol–water partition coefficient (Wildman–Crippen LogP) is 1.59. The van der Waals surface area contributed by atoms with E-state index in [-0.39, 0.29) is 16.8 Å². The van der Waals surface area contributed by atoms with Crippen LogP contribution in [0.1, 0.15) is 25.7 Å². The van der Waals surface area contributed by atoms with Crippen molar-refractivity contribution in [3.63, 3.8) is 0 Å². The van der Waals surface area contributed by atoms with Crippen molar-refractivity contribution in [2.24, 2.45) is 0 Å². The third kappa shape index (κ3) is 3.60. The maximum absolute atomic E-state index is 11.9. The van der Waals surface area contributed by atoms with E-state index < -0.39 is 20.4 Å². The van der Waals surface area contributed by atoms with Gasteiger partial charge in [0.1, 0.15) is 4.90 Å². The molecule has 0 N–H and O–H groups in total. The molecular weight excluding hydrogens is 346 g/mol. The SMILES string of the molecule is CS(=O)(=O)c1cc(N2CCC(N3CCCC3=O)CC2)ccc1[N+](=O)[O-]. The van der Waals surface area contributed by atoms with E-state index in [1.54, 1.807) is 6.07 Å². The molecule has 2 aliphatic heterocycles. The molecule has 0 radical (unpaired) electrons. The van der Waals surface area contributed by atoms with Gasteiger partial charge in [-0.1, -0.05) is 0 Å². The monoisotopic (exact) mass is 367 g/mol. The second-order valence-electron chi connectivity index (χ2n) is 6.59. The third-order valence-electron chi connectivity index (χ3n) is 4.92. The number of sulfone groups is 1. The Morgan fingerprint density at radius 2 is 1.88 bits per heavy atom. The molecule has 9 heteroatoms. The molecule has 0 unspecified atom stereocenters. The van der Waals surface area contributed by atoms with Crippen LogP contribution in [0, 0.1) is 10.1 Å². The summed E-state index contributed by atoms with van der Waals surface area (Å²) in [5.41, 5.74) is 0.265. The van der Waals surface area contributed by atoms with Gasteiger partial charge < -0.3 is 9.80 Å². The van der Waals surface area contributed by atoms with E-state index in [0.29, 0.717) is 25.2 Å². The number of likely N-dealkylation sites (tertiary alicyclic amines) is 1. The Morgan fingerprint density at radius 3 is 2.40 bits per heavy atom. The predicted molar refractivity (Wildman–Crippen MR) is 92.4 cm³/mol. The lowest BCUT2D eigenvalue weighted by Gasteiger charge is -2.37. The molecule has 0 aliphatic carbocycles. The van der Waals surface area contributed by atoms with Crippen LogP contribution in [0.4, 0.5) is 11.4 Å². The number of piperidine rings is 1. The van der Waals surface area contributed by atoms with Crippen molar-refractivity contribution < 1.29 is 18.1 Å². The lowest BCUT2D eigenvalue weighted by atomic mass is 10.0. The molecule has 2 heterocycles. The highest BCUT2D eigenvalue weighted by Crippen LogP contribution is 2.31. The minimum Gasteiger partial charge on any atom is -0.371 e. The van der Waals surface area contributed by atoms with Gasteiger partial charge in [0.2, 0.25) is 5.91 Å². The van der Waals surface area contributed by atoms with E-state index in [0.717, 1.165) is 32.1 Å². The highest BCUT2D eigenvalue weighted by Gasteiger charge is 2.31. The van der Waals surface area contributed by atoms with Crippen LogP contribution in [0.15, 0.2) is 23.1 Å². The summed E-state index contributed by atoms with van der Waals surface area (Å²) in [4.78, 5) is 26.0. The molecule has 136 valence electrons. The van der Waals surface area contributed by atoms with Crippen LogP contribution < -0.4 is 4.90 Å². The quantitative estimate of drug-likeness (QED) is 0.592. The molecule has 0 spiro atoms. The highest BCUT2D eigenvalue weighted by molar-refractivity contribution is 7.90. The fraction of sp³-hybridized carbons (Fsp3) is 0.562. The molecule has 25 heavy (non-hydrogen) atoms. The van der Waals surface area contributed by atoms with Crippen molar-refractivity contribution in [3.05, 3.63) is 28.3 Å². The lowest BCUT2D eigenvalue weighted by Crippen LogP contribution is -2.45. The van der Waals surface area contributed by atoms with Gasteiger partial charge in [0.25, 0.3) is 5.69 Å². The number of hydrogen-bond acceptors (Lipinski definition) is 6. The van der Waals surface area contributed by atoms with Gasteiger partial charge in [-0.3, -0.25) is 14.9 Å². The number of rotatable bonds is 4. The number of nitrogens with zero attached hydrogens (tertiary/aromatic N) is 3. The number of nitro benzene ring substituents is 1. The molecule has 2 aliphatic rings. The first kappa shape index (κ1) is 17.7. The van der Waals surface area contributed by atoms with Crippen LogP contribution >= 0.6 is 0 Å². The molecular formula is C16H21N3O5S. The smallest absolute Gasteiger partial charge is 0.288 e. The number of carbonyl (C=O) groups excluding carboxylic acids is 1. The van der Waals surface area contributed by atoms with Crippen LogP contribution in [0.3, 0.4) is 0 Å². The average Bonchev–Trinajstić information content (AvgIpc) is 2.99. The zero-order valence-electron chi connectivity index (χ0n) is 14.1. The summed E-state index contributed by atoms with van der Waals surface area (Å²) >= 11 is 0. The third-order valence-corrected chi connectivity index (χ3v) is 6.05.